The molecule has 43 valence electrons. The van der Waals surface area contributed by atoms with Crippen LogP contribution >= 0.6 is 0 Å². The molecule has 3 nitrogen and oxygen atoms in total. The molecular formula is C5H8N3. The summed E-state index contributed by atoms with van der Waals surface area (Å²) >= 11 is 0. The van der Waals surface area contributed by atoms with Crippen LogP contribution in [0.25, 0.3) is 0 Å². The van der Waals surface area contributed by atoms with Crippen LogP contribution in [0.3, 0.4) is 0 Å². The van der Waals surface area contributed by atoms with Crippen LogP contribution in [0.15, 0.2) is 6.20 Å². The highest BCUT2D eigenvalue weighted by molar-refractivity contribution is 4.91. The van der Waals surface area contributed by atoms with Crippen LogP contribution in [0.4, 0.5) is 0 Å². The van der Waals surface area contributed by atoms with Crippen molar-refractivity contribution in [2.75, 3.05) is 0 Å². The fourth-order valence-electron chi connectivity index (χ4n) is 0.502. The van der Waals surface area contributed by atoms with Crippen LogP contribution in [0.5, 0.6) is 0 Å². The third-order valence-electron chi connectivity index (χ3n) is 0.903. The van der Waals surface area contributed by atoms with Crippen LogP contribution in [0.1, 0.15) is 5.69 Å². The topological polar surface area (TPSA) is 30.7 Å². The molecule has 0 fully saturated rings. The van der Waals surface area contributed by atoms with E-state index in [0.29, 0.717) is 6.42 Å². The van der Waals surface area contributed by atoms with Crippen molar-refractivity contribution < 1.29 is 0 Å². The van der Waals surface area contributed by atoms with Crippen molar-refractivity contribution in [1.82, 2.24) is 15.0 Å². The summed E-state index contributed by atoms with van der Waals surface area (Å²) in [5.74, 6) is 0. The molecule has 0 aromatic carbocycles. The van der Waals surface area contributed by atoms with Crippen LogP contribution in [0.2, 0.25) is 0 Å². The first-order chi connectivity index (χ1) is 3.83. The van der Waals surface area contributed by atoms with E-state index in [1.54, 1.807) is 13.2 Å². The molecule has 1 heterocycles. The quantitative estimate of drug-likeness (QED) is 0.516. The van der Waals surface area contributed by atoms with Gasteiger partial charge in [0.2, 0.25) is 0 Å². The number of hydrogen-bond donors (Lipinski definition) is 0. The SMILES string of the molecule is [CH2]Cc1cnn(C)n1. The second-order valence-electron chi connectivity index (χ2n) is 1.58. The number of aromatic nitrogens is 3. The molecule has 0 atom stereocenters. The van der Waals surface area contributed by atoms with Gasteiger partial charge in [-0.3, -0.25) is 0 Å². The van der Waals surface area contributed by atoms with Crippen LogP contribution < -0.4 is 0 Å². The minimum absolute atomic E-state index is 0.716. The Morgan fingerprint density at radius 2 is 2.62 bits per heavy atom. The average Bonchev–Trinajstić information content (AvgIpc) is 2.14. The summed E-state index contributed by atoms with van der Waals surface area (Å²) in [6.45, 7) is 3.65. The zero-order valence-corrected chi connectivity index (χ0v) is 4.83. The molecule has 0 aliphatic carbocycles. The maximum atomic E-state index is 3.97. The van der Waals surface area contributed by atoms with E-state index in [9.17, 15) is 0 Å². The predicted octanol–water partition coefficient (Wildman–Crippen LogP) is 0.192. The molecule has 0 aliphatic rings. The molecule has 8 heavy (non-hydrogen) atoms. The molecule has 0 spiro atoms. The van der Waals surface area contributed by atoms with E-state index in [-0.39, 0.29) is 0 Å². The van der Waals surface area contributed by atoms with Crippen molar-refractivity contribution in [3.8, 4) is 0 Å². The largest absolute Gasteiger partial charge is 0.188 e. The lowest BCUT2D eigenvalue weighted by atomic mass is 10.4. The Bertz CT molecular complexity index is 168. The first-order valence-electron chi connectivity index (χ1n) is 2.47. The highest BCUT2D eigenvalue weighted by Crippen LogP contribution is 1.87. The fraction of sp³-hybridized carbons (Fsp3) is 0.400. The van der Waals surface area contributed by atoms with Gasteiger partial charge in [0.05, 0.1) is 11.9 Å². The van der Waals surface area contributed by atoms with Crippen molar-refractivity contribution in [2.24, 2.45) is 7.05 Å². The molecule has 0 aliphatic heterocycles. The molecular weight excluding hydrogens is 102 g/mol. The second kappa shape index (κ2) is 1.94. The van der Waals surface area contributed by atoms with E-state index in [4.69, 9.17) is 0 Å². The van der Waals surface area contributed by atoms with Gasteiger partial charge in [0.1, 0.15) is 0 Å². The smallest absolute Gasteiger partial charge is 0.0827 e. The minimum atomic E-state index is 0.716. The van der Waals surface area contributed by atoms with Crippen molar-refractivity contribution in [3.05, 3.63) is 18.8 Å². The molecule has 0 amide bonds. The summed E-state index contributed by atoms with van der Waals surface area (Å²) in [5.41, 5.74) is 0.938. The average molecular weight is 110 g/mol. The van der Waals surface area contributed by atoms with E-state index in [2.05, 4.69) is 17.1 Å². The maximum absolute atomic E-state index is 3.97. The molecule has 0 saturated carbocycles. The summed E-state index contributed by atoms with van der Waals surface area (Å²) in [4.78, 5) is 1.53. The Hall–Kier alpha value is -0.860. The molecule has 0 saturated heterocycles. The van der Waals surface area contributed by atoms with E-state index < -0.39 is 0 Å². The summed E-state index contributed by atoms with van der Waals surface area (Å²) in [6, 6.07) is 0. The first kappa shape index (κ1) is 5.28. The lowest BCUT2D eigenvalue weighted by Gasteiger charge is -1.80. The van der Waals surface area contributed by atoms with Crippen LogP contribution in [-0.4, -0.2) is 15.0 Å². The van der Waals surface area contributed by atoms with Gasteiger partial charge in [0.25, 0.3) is 0 Å². The summed E-state index contributed by atoms with van der Waals surface area (Å²) in [5, 5.41) is 7.83. The van der Waals surface area contributed by atoms with Gasteiger partial charge in [-0.2, -0.15) is 15.0 Å². The van der Waals surface area contributed by atoms with Gasteiger partial charge in [-0.1, -0.05) is 0 Å². The van der Waals surface area contributed by atoms with Crippen molar-refractivity contribution in [3.63, 3.8) is 0 Å². The maximum Gasteiger partial charge on any atom is 0.0827 e. The fourth-order valence-corrected chi connectivity index (χ4v) is 0.502. The van der Waals surface area contributed by atoms with Gasteiger partial charge in [0.15, 0.2) is 0 Å². The van der Waals surface area contributed by atoms with E-state index in [1.807, 2.05) is 0 Å². The van der Waals surface area contributed by atoms with Gasteiger partial charge in [-0.05, 0) is 13.3 Å². The third kappa shape index (κ3) is 0.857. The van der Waals surface area contributed by atoms with E-state index >= 15 is 0 Å². The van der Waals surface area contributed by atoms with Crippen LogP contribution in [-0.2, 0) is 13.5 Å². The zero-order valence-electron chi connectivity index (χ0n) is 4.83. The lowest BCUT2D eigenvalue weighted by molar-refractivity contribution is 0.647. The number of rotatable bonds is 1. The zero-order chi connectivity index (χ0) is 5.98. The predicted molar refractivity (Wildman–Crippen MR) is 30.1 cm³/mol. The Labute approximate surface area is 48.3 Å². The molecule has 0 bridgehead atoms. The van der Waals surface area contributed by atoms with Gasteiger partial charge in [0, 0.05) is 7.05 Å². The molecule has 3 heteroatoms. The van der Waals surface area contributed by atoms with Crippen molar-refractivity contribution in [1.29, 1.82) is 0 Å². The Kier molecular flexibility index (Phi) is 1.28. The number of aryl methyl sites for hydroxylation is 1. The Morgan fingerprint density at radius 3 is 2.88 bits per heavy atom. The monoisotopic (exact) mass is 110 g/mol. The summed E-state index contributed by atoms with van der Waals surface area (Å²) in [7, 11) is 1.79. The third-order valence-corrected chi connectivity index (χ3v) is 0.903. The molecule has 0 N–H and O–H groups in total. The molecule has 1 radical (unpaired) electrons. The lowest BCUT2D eigenvalue weighted by Crippen LogP contribution is -1.92. The van der Waals surface area contributed by atoms with Gasteiger partial charge in [-0.25, -0.2) is 0 Å². The number of hydrogen-bond acceptors (Lipinski definition) is 2. The van der Waals surface area contributed by atoms with Crippen molar-refractivity contribution in [2.45, 2.75) is 6.42 Å². The Morgan fingerprint density at radius 1 is 1.88 bits per heavy atom. The van der Waals surface area contributed by atoms with E-state index in [0.717, 1.165) is 5.69 Å². The van der Waals surface area contributed by atoms with Crippen LogP contribution in [0, 0.1) is 6.92 Å². The normalized spacial score (nSPS) is 9.75. The van der Waals surface area contributed by atoms with Gasteiger partial charge >= 0.3 is 0 Å². The Balaban J connectivity index is 2.84. The van der Waals surface area contributed by atoms with Gasteiger partial charge in [-0.15, -0.1) is 0 Å². The first-order valence-corrected chi connectivity index (χ1v) is 2.47. The molecule has 1 aromatic heterocycles. The van der Waals surface area contributed by atoms with E-state index in [1.165, 1.54) is 4.80 Å². The standard InChI is InChI=1S/C5H8N3/c1-3-5-4-6-8(2)7-5/h4H,1,3H2,2H3. The number of nitrogens with zero attached hydrogens (tertiary/aromatic N) is 3. The highest BCUT2D eigenvalue weighted by Gasteiger charge is 1.89. The summed E-state index contributed by atoms with van der Waals surface area (Å²) in [6.07, 6.45) is 2.43. The second-order valence-corrected chi connectivity index (χ2v) is 1.58. The summed E-state index contributed by atoms with van der Waals surface area (Å²) < 4.78 is 0. The molecule has 1 rings (SSSR count). The van der Waals surface area contributed by atoms with Gasteiger partial charge < -0.3 is 0 Å². The molecule has 0 unspecified atom stereocenters. The highest BCUT2D eigenvalue weighted by atomic mass is 15.4. The molecule has 1 aromatic rings. The minimum Gasteiger partial charge on any atom is -0.188 e. The van der Waals surface area contributed by atoms with Crippen molar-refractivity contribution >= 4 is 0 Å².